The van der Waals surface area contributed by atoms with E-state index in [4.69, 9.17) is 0 Å². The van der Waals surface area contributed by atoms with Crippen molar-refractivity contribution in [2.24, 2.45) is 0 Å². The van der Waals surface area contributed by atoms with Gasteiger partial charge in [-0.05, 0) is 28.9 Å². The Bertz CT molecular complexity index is 579. The van der Waals surface area contributed by atoms with Crippen LogP contribution >= 0.6 is 15.9 Å². The van der Waals surface area contributed by atoms with Crippen LogP contribution in [-0.4, -0.2) is 21.1 Å². The quantitative estimate of drug-likeness (QED) is 0.937. The summed E-state index contributed by atoms with van der Waals surface area (Å²) in [7, 11) is 0. The van der Waals surface area contributed by atoms with Crippen molar-refractivity contribution in [2.75, 3.05) is 11.9 Å². The number of nitrogens with one attached hydrogen (secondary N) is 1. The zero-order chi connectivity index (χ0) is 13.0. The van der Waals surface area contributed by atoms with E-state index in [1.807, 2.05) is 6.92 Å². The highest BCUT2D eigenvalue weighted by molar-refractivity contribution is 9.10. The van der Waals surface area contributed by atoms with Gasteiger partial charge in [0.15, 0.2) is 0 Å². The van der Waals surface area contributed by atoms with Crippen LogP contribution in [0.4, 0.5) is 5.82 Å². The van der Waals surface area contributed by atoms with E-state index in [1.54, 1.807) is 29.2 Å². The van der Waals surface area contributed by atoms with E-state index in [-0.39, 0.29) is 5.56 Å². The van der Waals surface area contributed by atoms with E-state index in [0.29, 0.717) is 6.54 Å². The molecule has 0 fully saturated rings. The molecule has 94 valence electrons. The first-order chi connectivity index (χ1) is 8.69. The van der Waals surface area contributed by atoms with Crippen molar-refractivity contribution < 1.29 is 0 Å². The molecule has 6 heteroatoms. The molecule has 0 aliphatic carbocycles. The van der Waals surface area contributed by atoms with Crippen molar-refractivity contribution in [3.05, 3.63) is 51.2 Å². The molecule has 0 aromatic carbocycles. The lowest BCUT2D eigenvalue weighted by Crippen LogP contribution is -2.19. The number of rotatable bonds is 4. The third-order valence-electron chi connectivity index (χ3n) is 2.34. The third kappa shape index (κ3) is 3.16. The number of nitrogens with zero attached hydrogens (tertiary/aromatic N) is 3. The van der Waals surface area contributed by atoms with E-state index < -0.39 is 0 Å². The van der Waals surface area contributed by atoms with Crippen molar-refractivity contribution in [1.29, 1.82) is 0 Å². The highest BCUT2D eigenvalue weighted by Crippen LogP contribution is 2.07. The standard InChI is InChI=1S/C12H13BrN4O/c1-2-14-11-6-15-10(5-16-11)8-17-7-9(13)3-4-12(17)18/h3-7H,2,8H2,1H3,(H,14,16). The van der Waals surface area contributed by atoms with Gasteiger partial charge in [0.05, 0.1) is 24.6 Å². The lowest BCUT2D eigenvalue weighted by molar-refractivity contribution is 0.732. The molecule has 2 heterocycles. The van der Waals surface area contributed by atoms with Crippen molar-refractivity contribution >= 4 is 21.7 Å². The fourth-order valence-corrected chi connectivity index (χ4v) is 1.89. The zero-order valence-electron chi connectivity index (χ0n) is 9.93. The summed E-state index contributed by atoms with van der Waals surface area (Å²) in [5.74, 6) is 0.739. The summed E-state index contributed by atoms with van der Waals surface area (Å²) in [6.07, 6.45) is 5.08. The van der Waals surface area contributed by atoms with Crippen LogP contribution in [0.3, 0.4) is 0 Å². The first-order valence-corrected chi connectivity index (χ1v) is 6.39. The van der Waals surface area contributed by atoms with Crippen molar-refractivity contribution in [3.63, 3.8) is 0 Å². The summed E-state index contributed by atoms with van der Waals surface area (Å²) in [6.45, 7) is 3.22. The van der Waals surface area contributed by atoms with Crippen molar-refractivity contribution in [3.8, 4) is 0 Å². The fraction of sp³-hybridized carbons (Fsp3) is 0.250. The van der Waals surface area contributed by atoms with Crippen molar-refractivity contribution in [1.82, 2.24) is 14.5 Å². The van der Waals surface area contributed by atoms with Crippen LogP contribution in [0.25, 0.3) is 0 Å². The van der Waals surface area contributed by atoms with Crippen LogP contribution in [0.15, 0.2) is 40.0 Å². The van der Waals surface area contributed by atoms with Gasteiger partial charge in [-0.15, -0.1) is 0 Å². The molecule has 5 nitrogen and oxygen atoms in total. The van der Waals surface area contributed by atoms with Crippen molar-refractivity contribution in [2.45, 2.75) is 13.5 Å². The molecule has 18 heavy (non-hydrogen) atoms. The molecule has 0 saturated carbocycles. The predicted octanol–water partition coefficient (Wildman–Crippen LogP) is 1.88. The first-order valence-electron chi connectivity index (χ1n) is 5.60. The average Bonchev–Trinajstić information content (AvgIpc) is 2.37. The Morgan fingerprint density at radius 1 is 1.33 bits per heavy atom. The number of anilines is 1. The van der Waals surface area contributed by atoms with E-state index in [0.717, 1.165) is 22.5 Å². The molecular formula is C12H13BrN4O. The molecular weight excluding hydrogens is 296 g/mol. The second kappa shape index (κ2) is 5.77. The van der Waals surface area contributed by atoms with Gasteiger partial charge in [0.1, 0.15) is 5.82 Å². The van der Waals surface area contributed by atoms with Gasteiger partial charge in [0, 0.05) is 23.3 Å². The average molecular weight is 309 g/mol. The Morgan fingerprint density at radius 3 is 2.83 bits per heavy atom. The van der Waals surface area contributed by atoms with Gasteiger partial charge in [-0.1, -0.05) is 0 Å². The molecule has 0 spiro atoms. The van der Waals surface area contributed by atoms with E-state index in [1.165, 1.54) is 6.07 Å². The number of aromatic nitrogens is 3. The smallest absolute Gasteiger partial charge is 0.250 e. The van der Waals surface area contributed by atoms with E-state index >= 15 is 0 Å². The Balaban J connectivity index is 2.18. The summed E-state index contributed by atoms with van der Waals surface area (Å²) in [4.78, 5) is 20.1. The maximum absolute atomic E-state index is 11.6. The highest BCUT2D eigenvalue weighted by Gasteiger charge is 2.01. The van der Waals surface area contributed by atoms with Crippen LogP contribution in [0.5, 0.6) is 0 Å². The summed E-state index contributed by atoms with van der Waals surface area (Å²) < 4.78 is 2.44. The van der Waals surface area contributed by atoms with Crippen LogP contribution < -0.4 is 10.9 Å². The fourth-order valence-electron chi connectivity index (χ4n) is 1.51. The number of hydrogen-bond acceptors (Lipinski definition) is 4. The summed E-state index contributed by atoms with van der Waals surface area (Å²) >= 11 is 3.34. The molecule has 0 atom stereocenters. The highest BCUT2D eigenvalue weighted by atomic mass is 79.9. The molecule has 2 aromatic rings. The van der Waals surface area contributed by atoms with E-state index in [2.05, 4.69) is 31.2 Å². The van der Waals surface area contributed by atoms with Gasteiger partial charge in [-0.2, -0.15) is 0 Å². The molecule has 0 saturated heterocycles. The van der Waals surface area contributed by atoms with E-state index in [9.17, 15) is 4.79 Å². The Hall–Kier alpha value is -1.69. The lowest BCUT2D eigenvalue weighted by atomic mass is 10.4. The molecule has 1 N–H and O–H groups in total. The summed E-state index contributed by atoms with van der Waals surface area (Å²) in [5.41, 5.74) is 0.688. The number of pyridine rings is 1. The molecule has 0 bridgehead atoms. The maximum Gasteiger partial charge on any atom is 0.250 e. The molecule has 0 unspecified atom stereocenters. The Kier molecular flexibility index (Phi) is 4.09. The monoisotopic (exact) mass is 308 g/mol. The van der Waals surface area contributed by atoms with Crippen LogP contribution in [0.2, 0.25) is 0 Å². The van der Waals surface area contributed by atoms with Crippen LogP contribution in [-0.2, 0) is 6.54 Å². The normalized spacial score (nSPS) is 10.3. The summed E-state index contributed by atoms with van der Waals surface area (Å²) in [6, 6.07) is 3.24. The molecule has 0 aliphatic rings. The number of hydrogen-bond donors (Lipinski definition) is 1. The SMILES string of the molecule is CCNc1cnc(Cn2cc(Br)ccc2=O)cn1. The second-order valence-electron chi connectivity index (χ2n) is 3.74. The Morgan fingerprint density at radius 2 is 2.17 bits per heavy atom. The summed E-state index contributed by atoms with van der Waals surface area (Å²) in [5, 5.41) is 3.07. The maximum atomic E-state index is 11.6. The lowest BCUT2D eigenvalue weighted by Gasteiger charge is -2.06. The third-order valence-corrected chi connectivity index (χ3v) is 2.81. The van der Waals surface area contributed by atoms with Gasteiger partial charge in [0.2, 0.25) is 0 Å². The second-order valence-corrected chi connectivity index (χ2v) is 4.65. The molecule has 0 aliphatic heterocycles. The Labute approximate surface area is 113 Å². The molecule has 0 amide bonds. The minimum absolute atomic E-state index is 0.0595. The number of halogens is 1. The van der Waals surface area contributed by atoms with Crippen LogP contribution in [0.1, 0.15) is 12.6 Å². The van der Waals surface area contributed by atoms with Gasteiger partial charge < -0.3 is 9.88 Å². The van der Waals surface area contributed by atoms with Gasteiger partial charge in [-0.3, -0.25) is 9.78 Å². The predicted molar refractivity (Wildman–Crippen MR) is 73.7 cm³/mol. The van der Waals surface area contributed by atoms with Crippen LogP contribution in [0, 0.1) is 0 Å². The molecule has 0 radical (unpaired) electrons. The first kappa shape index (κ1) is 12.8. The minimum atomic E-state index is -0.0595. The molecule has 2 rings (SSSR count). The zero-order valence-corrected chi connectivity index (χ0v) is 11.5. The van der Waals surface area contributed by atoms with Gasteiger partial charge in [-0.25, -0.2) is 4.98 Å². The molecule has 2 aromatic heterocycles. The van der Waals surface area contributed by atoms with Gasteiger partial charge in [0.25, 0.3) is 5.56 Å². The largest absolute Gasteiger partial charge is 0.369 e. The van der Waals surface area contributed by atoms with Gasteiger partial charge >= 0.3 is 0 Å². The topological polar surface area (TPSA) is 59.8 Å². The minimum Gasteiger partial charge on any atom is -0.369 e.